The number of benzene rings is 2. The molecule has 0 aliphatic heterocycles. The van der Waals surface area contributed by atoms with Gasteiger partial charge in [-0.25, -0.2) is 4.79 Å². The van der Waals surface area contributed by atoms with E-state index in [9.17, 15) is 4.79 Å². The van der Waals surface area contributed by atoms with E-state index in [1.165, 1.54) is 0 Å². The van der Waals surface area contributed by atoms with E-state index in [0.717, 1.165) is 42.9 Å². The van der Waals surface area contributed by atoms with E-state index in [4.69, 9.17) is 9.15 Å². The molecule has 1 aromatic heterocycles. The molecule has 34 heavy (non-hydrogen) atoms. The van der Waals surface area contributed by atoms with Gasteiger partial charge in [0.25, 0.3) is 0 Å². The van der Waals surface area contributed by atoms with Crippen molar-refractivity contribution in [3.63, 3.8) is 0 Å². The second kappa shape index (κ2) is 14.3. The molecular weight excluding hydrogens is 450 g/mol. The van der Waals surface area contributed by atoms with Crippen LogP contribution >= 0.6 is 11.8 Å². The molecule has 0 atom stereocenters. The lowest BCUT2D eigenvalue weighted by Gasteiger charge is -2.10. The summed E-state index contributed by atoms with van der Waals surface area (Å²) >= 11 is 1.68. The van der Waals surface area contributed by atoms with Gasteiger partial charge in [0.05, 0.1) is 12.4 Å². The Labute approximate surface area is 205 Å². The summed E-state index contributed by atoms with van der Waals surface area (Å²) in [6, 6.07) is 16.9. The first-order valence-electron chi connectivity index (χ1n) is 11.5. The Kier molecular flexibility index (Phi) is 10.7. The third-order valence-corrected chi connectivity index (χ3v) is 5.80. The van der Waals surface area contributed by atoms with Gasteiger partial charge in [0.15, 0.2) is 0 Å². The number of para-hydroxylation sites is 1. The van der Waals surface area contributed by atoms with E-state index >= 15 is 0 Å². The fourth-order valence-corrected chi connectivity index (χ4v) is 3.76. The summed E-state index contributed by atoms with van der Waals surface area (Å²) in [6.45, 7) is 2.36. The Balaban J connectivity index is 1.34. The molecule has 0 unspecified atom stereocenters. The van der Waals surface area contributed by atoms with Crippen molar-refractivity contribution in [2.24, 2.45) is 0 Å². The highest BCUT2D eigenvalue weighted by atomic mass is 32.2. The van der Waals surface area contributed by atoms with Crippen molar-refractivity contribution in [1.29, 1.82) is 0 Å². The molecule has 0 aliphatic rings. The van der Waals surface area contributed by atoms with Crippen LogP contribution in [0.1, 0.15) is 25.2 Å². The fourth-order valence-electron chi connectivity index (χ4n) is 3.13. The van der Waals surface area contributed by atoms with Gasteiger partial charge in [0.1, 0.15) is 5.75 Å². The number of nitrogens with one attached hydrogen (secondary N) is 2. The number of rotatable bonds is 14. The molecule has 1 heterocycles. The number of urea groups is 1. The van der Waals surface area contributed by atoms with Crippen LogP contribution in [0.2, 0.25) is 0 Å². The van der Waals surface area contributed by atoms with Crippen LogP contribution in [0.15, 0.2) is 59.0 Å². The molecule has 0 saturated heterocycles. The van der Waals surface area contributed by atoms with Crippen LogP contribution in [0.4, 0.5) is 10.5 Å². The first kappa shape index (κ1) is 25.6. The first-order chi connectivity index (χ1) is 16.6. The zero-order valence-electron chi connectivity index (χ0n) is 19.8. The minimum Gasteiger partial charge on any atom is -0.493 e. The maximum atomic E-state index is 12.1. The smallest absolute Gasteiger partial charge is 0.319 e. The van der Waals surface area contributed by atoms with Gasteiger partial charge in [-0.15, -0.1) is 22.0 Å². The maximum absolute atomic E-state index is 12.1. The van der Waals surface area contributed by atoms with Crippen LogP contribution in [0, 0.1) is 0 Å². The number of amides is 2. The van der Waals surface area contributed by atoms with Crippen molar-refractivity contribution in [2.45, 2.75) is 25.0 Å². The summed E-state index contributed by atoms with van der Waals surface area (Å²) in [7, 11) is 4.14. The van der Waals surface area contributed by atoms with E-state index in [1.54, 1.807) is 11.8 Å². The van der Waals surface area contributed by atoms with Gasteiger partial charge in [-0.05, 0) is 69.9 Å². The van der Waals surface area contributed by atoms with Crippen LogP contribution < -0.4 is 15.4 Å². The standard InChI is InChI=1S/C25H33N5O3S/c1-30(2)16-8-4-7-15-26-25(31)27-21-13-11-20(12-14-21)24-29-28-23(33-24)19-34-18-17-32-22-9-5-3-6-10-22/h3,5-6,9-14H,4,7-8,15-19H2,1-2H3,(H2,26,27,31). The van der Waals surface area contributed by atoms with Gasteiger partial charge in [-0.3, -0.25) is 0 Å². The normalized spacial score (nSPS) is 10.9. The molecule has 9 heteroatoms. The van der Waals surface area contributed by atoms with E-state index < -0.39 is 0 Å². The Hall–Kier alpha value is -3.04. The Morgan fingerprint density at radius 3 is 2.59 bits per heavy atom. The van der Waals surface area contributed by atoms with E-state index in [0.29, 0.717) is 36.4 Å². The molecule has 0 fully saturated rings. The Bertz CT molecular complexity index is 980. The fraction of sp³-hybridized carbons (Fsp3) is 0.400. The predicted molar refractivity (Wildman–Crippen MR) is 137 cm³/mol. The Morgan fingerprint density at radius 2 is 1.82 bits per heavy atom. The monoisotopic (exact) mass is 483 g/mol. The van der Waals surface area contributed by atoms with Gasteiger partial charge < -0.3 is 24.7 Å². The lowest BCUT2D eigenvalue weighted by Crippen LogP contribution is -2.29. The topological polar surface area (TPSA) is 92.5 Å². The van der Waals surface area contributed by atoms with Crippen molar-refractivity contribution in [3.05, 3.63) is 60.5 Å². The van der Waals surface area contributed by atoms with Gasteiger partial charge in [-0.1, -0.05) is 24.6 Å². The number of hydrogen-bond donors (Lipinski definition) is 2. The molecule has 2 amide bonds. The number of unbranched alkanes of at least 4 members (excludes halogenated alkanes) is 2. The lowest BCUT2D eigenvalue weighted by molar-refractivity contribution is 0.252. The second-order valence-electron chi connectivity index (χ2n) is 8.04. The summed E-state index contributed by atoms with van der Waals surface area (Å²) in [4.78, 5) is 14.2. The van der Waals surface area contributed by atoms with Crippen molar-refractivity contribution in [1.82, 2.24) is 20.4 Å². The van der Waals surface area contributed by atoms with Crippen LogP contribution in [-0.2, 0) is 5.75 Å². The highest BCUT2D eigenvalue weighted by Gasteiger charge is 2.09. The number of thioether (sulfide) groups is 1. The minimum absolute atomic E-state index is 0.200. The number of carbonyl (C=O) groups excluding carboxylic acids is 1. The third kappa shape index (κ3) is 9.44. The summed E-state index contributed by atoms with van der Waals surface area (Å²) < 4.78 is 11.4. The van der Waals surface area contributed by atoms with Crippen LogP contribution in [0.25, 0.3) is 11.5 Å². The molecule has 0 aliphatic carbocycles. The van der Waals surface area contributed by atoms with E-state index in [1.807, 2.05) is 54.6 Å². The average Bonchev–Trinajstić information content (AvgIpc) is 3.31. The predicted octanol–water partition coefficient (Wildman–Crippen LogP) is 4.90. The zero-order valence-corrected chi connectivity index (χ0v) is 20.6. The summed E-state index contributed by atoms with van der Waals surface area (Å²) in [6.07, 6.45) is 3.20. The van der Waals surface area contributed by atoms with Gasteiger partial charge in [0, 0.05) is 23.5 Å². The van der Waals surface area contributed by atoms with Crippen LogP contribution in [0.3, 0.4) is 0 Å². The van der Waals surface area contributed by atoms with E-state index in [-0.39, 0.29) is 6.03 Å². The van der Waals surface area contributed by atoms with Crippen molar-refractivity contribution >= 4 is 23.5 Å². The highest BCUT2D eigenvalue weighted by Crippen LogP contribution is 2.22. The van der Waals surface area contributed by atoms with Crippen molar-refractivity contribution in [2.75, 3.05) is 44.9 Å². The summed E-state index contributed by atoms with van der Waals surface area (Å²) in [5.74, 6) is 3.36. The van der Waals surface area contributed by atoms with Crippen molar-refractivity contribution < 1.29 is 13.9 Å². The zero-order chi connectivity index (χ0) is 24.0. The largest absolute Gasteiger partial charge is 0.493 e. The molecule has 3 rings (SSSR count). The molecule has 2 aromatic carbocycles. The summed E-state index contributed by atoms with van der Waals surface area (Å²) in [5, 5.41) is 14.0. The molecule has 0 bridgehead atoms. The molecule has 182 valence electrons. The lowest BCUT2D eigenvalue weighted by atomic mass is 10.2. The van der Waals surface area contributed by atoms with Crippen molar-refractivity contribution in [3.8, 4) is 17.2 Å². The molecule has 3 aromatic rings. The minimum atomic E-state index is -0.200. The number of anilines is 1. The van der Waals surface area contributed by atoms with Gasteiger partial charge in [0.2, 0.25) is 11.8 Å². The molecule has 2 N–H and O–H groups in total. The van der Waals surface area contributed by atoms with Crippen LogP contribution in [-0.4, -0.2) is 60.7 Å². The average molecular weight is 484 g/mol. The van der Waals surface area contributed by atoms with Gasteiger partial charge >= 0.3 is 6.03 Å². The second-order valence-corrected chi connectivity index (χ2v) is 9.14. The SMILES string of the molecule is CN(C)CCCCCNC(=O)Nc1ccc(-c2nnc(CSCCOc3ccccc3)o2)cc1. The number of hydrogen-bond acceptors (Lipinski definition) is 7. The molecular formula is C25H33N5O3S. The number of nitrogens with zero attached hydrogens (tertiary/aromatic N) is 3. The van der Waals surface area contributed by atoms with Crippen LogP contribution in [0.5, 0.6) is 5.75 Å². The highest BCUT2D eigenvalue weighted by molar-refractivity contribution is 7.98. The Morgan fingerprint density at radius 1 is 1.03 bits per heavy atom. The number of carbonyl (C=O) groups is 1. The summed E-state index contributed by atoms with van der Waals surface area (Å²) in [5.41, 5.74) is 1.52. The number of ether oxygens (including phenoxy) is 1. The molecule has 0 saturated carbocycles. The molecule has 0 spiro atoms. The number of aromatic nitrogens is 2. The molecule has 8 nitrogen and oxygen atoms in total. The first-order valence-corrected chi connectivity index (χ1v) is 12.6. The van der Waals surface area contributed by atoms with E-state index in [2.05, 4.69) is 39.8 Å². The third-order valence-electron chi connectivity index (χ3n) is 4.89. The quantitative estimate of drug-likeness (QED) is 0.315. The molecule has 0 radical (unpaired) electrons. The van der Waals surface area contributed by atoms with Gasteiger partial charge in [-0.2, -0.15) is 0 Å². The maximum Gasteiger partial charge on any atom is 0.319 e.